The van der Waals surface area contributed by atoms with Gasteiger partial charge in [-0.2, -0.15) is 0 Å². The van der Waals surface area contributed by atoms with Crippen molar-refractivity contribution in [3.63, 3.8) is 0 Å². The number of halogens is 1. The molecule has 2 rings (SSSR count). The Hall–Kier alpha value is -2.84. The van der Waals surface area contributed by atoms with Crippen molar-refractivity contribution in [2.24, 2.45) is 0 Å². The van der Waals surface area contributed by atoms with Crippen LogP contribution in [0.5, 0.6) is 0 Å². The number of hydrogen-bond donors (Lipinski definition) is 2. The highest BCUT2D eigenvalue weighted by molar-refractivity contribution is 5.67. The quantitative estimate of drug-likeness (QED) is 0.853. The van der Waals surface area contributed by atoms with E-state index in [4.69, 9.17) is 9.84 Å². The van der Waals surface area contributed by atoms with Gasteiger partial charge in [0.15, 0.2) is 0 Å². The Kier molecular flexibility index (Phi) is 6.16. The minimum absolute atomic E-state index is 0.0942. The maximum atomic E-state index is 13.4. The zero-order valence-corrected chi connectivity index (χ0v) is 12.4. The maximum absolute atomic E-state index is 13.4. The molecule has 2 N–H and O–H groups in total. The van der Waals surface area contributed by atoms with E-state index < -0.39 is 11.9 Å². The fourth-order valence-corrected chi connectivity index (χ4v) is 1.79. The van der Waals surface area contributed by atoms with Crippen molar-refractivity contribution >= 4 is 6.09 Å². The molecule has 118 valence electrons. The predicted molar refractivity (Wildman–Crippen MR) is 83.8 cm³/mol. The molecule has 1 amide bonds. The van der Waals surface area contributed by atoms with Crippen LogP contribution in [0.25, 0.3) is 0 Å². The Labute approximate surface area is 133 Å². The van der Waals surface area contributed by atoms with Crippen LogP contribution in [0.4, 0.5) is 9.18 Å². The summed E-state index contributed by atoms with van der Waals surface area (Å²) in [5.41, 5.74) is 1.59. The number of aliphatic hydroxyl groups excluding tert-OH is 1. The van der Waals surface area contributed by atoms with Crippen molar-refractivity contribution in [1.82, 2.24) is 5.32 Å². The van der Waals surface area contributed by atoms with E-state index >= 15 is 0 Å². The topological polar surface area (TPSA) is 58.6 Å². The molecule has 0 heterocycles. The van der Waals surface area contributed by atoms with Gasteiger partial charge in [0.1, 0.15) is 12.4 Å². The van der Waals surface area contributed by atoms with Crippen LogP contribution in [0.1, 0.15) is 16.7 Å². The number of rotatable bonds is 4. The Balaban J connectivity index is 1.76. The summed E-state index contributed by atoms with van der Waals surface area (Å²) in [6.07, 6.45) is -0.565. The van der Waals surface area contributed by atoms with Crippen molar-refractivity contribution in [3.8, 4) is 11.8 Å². The van der Waals surface area contributed by atoms with E-state index in [0.717, 1.165) is 5.56 Å². The van der Waals surface area contributed by atoms with Crippen LogP contribution in [-0.4, -0.2) is 17.7 Å². The van der Waals surface area contributed by atoms with Crippen LogP contribution in [0.3, 0.4) is 0 Å². The van der Waals surface area contributed by atoms with Crippen LogP contribution >= 0.6 is 0 Å². The highest BCUT2D eigenvalue weighted by Crippen LogP contribution is 2.09. The molecular weight excluding hydrogens is 297 g/mol. The average Bonchev–Trinajstić information content (AvgIpc) is 2.58. The van der Waals surface area contributed by atoms with Gasteiger partial charge in [0, 0.05) is 11.1 Å². The van der Waals surface area contributed by atoms with E-state index in [2.05, 4.69) is 17.2 Å². The number of nitrogens with one attached hydrogen (secondary N) is 1. The van der Waals surface area contributed by atoms with Gasteiger partial charge in [0.2, 0.25) is 0 Å². The maximum Gasteiger partial charge on any atom is 0.408 e. The molecule has 0 aromatic heterocycles. The molecule has 2 aromatic carbocycles. The molecule has 0 atom stereocenters. The van der Waals surface area contributed by atoms with Gasteiger partial charge in [-0.1, -0.05) is 48.2 Å². The van der Waals surface area contributed by atoms with Crippen molar-refractivity contribution in [1.29, 1.82) is 0 Å². The van der Waals surface area contributed by atoms with Crippen molar-refractivity contribution in [2.75, 3.05) is 6.54 Å². The number of amides is 1. The third-order valence-electron chi connectivity index (χ3n) is 2.99. The van der Waals surface area contributed by atoms with Crippen LogP contribution < -0.4 is 5.32 Å². The molecule has 0 saturated carbocycles. The first-order valence-corrected chi connectivity index (χ1v) is 7.02. The largest absolute Gasteiger partial charge is 0.445 e. The summed E-state index contributed by atoms with van der Waals surface area (Å²) in [6, 6.07) is 13.7. The summed E-state index contributed by atoms with van der Waals surface area (Å²) >= 11 is 0. The highest BCUT2D eigenvalue weighted by Gasteiger charge is 2.01. The highest BCUT2D eigenvalue weighted by atomic mass is 19.1. The molecule has 0 spiro atoms. The van der Waals surface area contributed by atoms with E-state index in [-0.39, 0.29) is 25.3 Å². The summed E-state index contributed by atoms with van der Waals surface area (Å²) in [6.45, 7) is -0.0702. The first kappa shape index (κ1) is 16.5. The van der Waals surface area contributed by atoms with E-state index in [0.29, 0.717) is 5.56 Å². The summed E-state index contributed by atoms with van der Waals surface area (Å²) in [7, 11) is 0. The van der Waals surface area contributed by atoms with E-state index in [1.54, 1.807) is 6.07 Å². The lowest BCUT2D eigenvalue weighted by atomic mass is 10.1. The first-order valence-electron chi connectivity index (χ1n) is 7.02. The third-order valence-corrected chi connectivity index (χ3v) is 2.99. The second kappa shape index (κ2) is 8.57. The minimum atomic E-state index is -0.565. The molecule has 0 saturated heterocycles. The standard InChI is InChI=1S/C18H16FNO3/c19-17-11-14(8-9-16(17)12-21)7-4-10-20-18(22)23-13-15-5-2-1-3-6-15/h1-3,5-6,8-9,11,21H,10,12-13H2,(H,20,22). The number of aliphatic hydroxyl groups is 1. The Morgan fingerprint density at radius 3 is 2.70 bits per heavy atom. The van der Waals surface area contributed by atoms with E-state index in [1.165, 1.54) is 12.1 Å². The smallest absolute Gasteiger partial charge is 0.408 e. The second-order valence-electron chi connectivity index (χ2n) is 4.68. The van der Waals surface area contributed by atoms with Gasteiger partial charge in [0.05, 0.1) is 13.2 Å². The van der Waals surface area contributed by atoms with Gasteiger partial charge in [0.25, 0.3) is 0 Å². The summed E-state index contributed by atoms with van der Waals surface area (Å²) < 4.78 is 18.5. The van der Waals surface area contributed by atoms with Crippen molar-refractivity contribution in [3.05, 3.63) is 71.0 Å². The summed E-state index contributed by atoms with van der Waals surface area (Å²) in [5.74, 6) is 4.92. The average molecular weight is 313 g/mol. The fourth-order valence-electron chi connectivity index (χ4n) is 1.79. The Bertz CT molecular complexity index is 720. The lowest BCUT2D eigenvalue weighted by Crippen LogP contribution is -2.24. The Morgan fingerprint density at radius 1 is 1.22 bits per heavy atom. The Morgan fingerprint density at radius 2 is 2.00 bits per heavy atom. The molecule has 0 aliphatic rings. The molecule has 5 heteroatoms. The van der Waals surface area contributed by atoms with Gasteiger partial charge >= 0.3 is 6.09 Å². The molecule has 0 aliphatic heterocycles. The van der Waals surface area contributed by atoms with Gasteiger partial charge < -0.3 is 15.2 Å². The normalized spacial score (nSPS) is 9.65. The number of benzene rings is 2. The zero-order valence-electron chi connectivity index (χ0n) is 12.4. The molecule has 0 aliphatic carbocycles. The van der Waals surface area contributed by atoms with Crippen molar-refractivity contribution in [2.45, 2.75) is 13.2 Å². The molecule has 4 nitrogen and oxygen atoms in total. The number of ether oxygens (including phenoxy) is 1. The number of alkyl carbamates (subject to hydrolysis) is 1. The number of hydrogen-bond acceptors (Lipinski definition) is 3. The fraction of sp³-hybridized carbons (Fsp3) is 0.167. The summed E-state index contributed by atoms with van der Waals surface area (Å²) in [5, 5.41) is 11.4. The van der Waals surface area contributed by atoms with Crippen LogP contribution in [-0.2, 0) is 18.0 Å². The minimum Gasteiger partial charge on any atom is -0.445 e. The first-order chi connectivity index (χ1) is 11.2. The molecule has 0 bridgehead atoms. The zero-order chi connectivity index (χ0) is 16.5. The van der Waals surface area contributed by atoms with Crippen LogP contribution in [0.15, 0.2) is 48.5 Å². The van der Waals surface area contributed by atoms with Crippen LogP contribution in [0, 0.1) is 17.7 Å². The molecular formula is C18H16FNO3. The lowest BCUT2D eigenvalue weighted by Gasteiger charge is -2.04. The number of carbonyl (C=O) groups is 1. The monoisotopic (exact) mass is 313 g/mol. The summed E-state index contributed by atoms with van der Waals surface area (Å²) in [4.78, 5) is 11.5. The van der Waals surface area contributed by atoms with Gasteiger partial charge in [-0.3, -0.25) is 0 Å². The second-order valence-corrected chi connectivity index (χ2v) is 4.68. The predicted octanol–water partition coefficient (Wildman–Crippen LogP) is 2.60. The van der Waals surface area contributed by atoms with Crippen LogP contribution in [0.2, 0.25) is 0 Å². The van der Waals surface area contributed by atoms with Gasteiger partial charge in [-0.05, 0) is 17.7 Å². The molecule has 0 fully saturated rings. The van der Waals surface area contributed by atoms with Crippen molar-refractivity contribution < 1.29 is 19.0 Å². The molecule has 23 heavy (non-hydrogen) atoms. The molecule has 0 unspecified atom stereocenters. The third kappa shape index (κ3) is 5.46. The SMILES string of the molecule is O=C(NCC#Cc1ccc(CO)c(F)c1)OCc1ccccc1. The molecule has 2 aromatic rings. The van der Waals surface area contributed by atoms with E-state index in [9.17, 15) is 9.18 Å². The number of carbonyl (C=O) groups excluding carboxylic acids is 1. The lowest BCUT2D eigenvalue weighted by molar-refractivity contribution is 0.141. The van der Waals surface area contributed by atoms with Gasteiger partial charge in [-0.25, -0.2) is 9.18 Å². The molecule has 0 radical (unpaired) electrons. The van der Waals surface area contributed by atoms with Gasteiger partial charge in [-0.15, -0.1) is 0 Å². The van der Waals surface area contributed by atoms with E-state index in [1.807, 2.05) is 30.3 Å².